The van der Waals surface area contributed by atoms with Crippen molar-refractivity contribution in [2.45, 2.75) is 46.6 Å². The predicted molar refractivity (Wildman–Crippen MR) is 176 cm³/mol. The summed E-state index contributed by atoms with van der Waals surface area (Å²) in [5.74, 6) is 1.27. The molecule has 0 saturated heterocycles. The highest BCUT2D eigenvalue weighted by Gasteiger charge is 2.19. The maximum absolute atomic E-state index is 11.4. The van der Waals surface area contributed by atoms with Crippen molar-refractivity contribution in [3.63, 3.8) is 0 Å². The van der Waals surface area contributed by atoms with Gasteiger partial charge in [-0.3, -0.25) is 15.1 Å². The van der Waals surface area contributed by atoms with Crippen LogP contribution in [-0.2, 0) is 24.6 Å². The molecular weight excluding hydrogens is 654 g/mol. The number of nitrogens with zero attached hydrogens (tertiary/aromatic N) is 2. The first-order valence-corrected chi connectivity index (χ1v) is 15.6. The van der Waals surface area contributed by atoms with Crippen LogP contribution in [0.25, 0.3) is 11.1 Å². The summed E-state index contributed by atoms with van der Waals surface area (Å²) >= 11 is 3.58. The lowest BCUT2D eigenvalue weighted by atomic mass is 9.96. The van der Waals surface area contributed by atoms with E-state index >= 15 is 0 Å². The van der Waals surface area contributed by atoms with E-state index < -0.39 is 18.6 Å². The number of carboxylic acids is 1. The summed E-state index contributed by atoms with van der Waals surface area (Å²) in [5.41, 5.74) is 5.87. The molecule has 1 aliphatic rings. The number of nitrogens with one attached hydrogen (secondary N) is 1. The largest absolute Gasteiger partial charge is 0.488 e. The van der Waals surface area contributed by atoms with Crippen molar-refractivity contribution in [1.82, 2.24) is 10.3 Å². The Morgan fingerprint density at radius 1 is 1.02 bits per heavy atom. The minimum Gasteiger partial charge on any atom is -0.488 e. The minimum absolute atomic E-state index is 0.110. The van der Waals surface area contributed by atoms with Crippen LogP contribution in [0.1, 0.15) is 41.7 Å². The Morgan fingerprint density at radius 3 is 2.52 bits per heavy atom. The molecule has 11 heteroatoms. The van der Waals surface area contributed by atoms with Gasteiger partial charge in [0, 0.05) is 36.1 Å². The molecule has 10 nitrogen and oxygen atoms in total. The Labute approximate surface area is 276 Å². The molecule has 46 heavy (non-hydrogen) atoms. The number of carboxylic acid groups (broad SMARTS) is 1. The number of halogens is 1. The molecule has 3 aromatic carbocycles. The summed E-state index contributed by atoms with van der Waals surface area (Å²) in [7, 11) is 0. The SMILES string of the molecule is CC.Cc1c(COc2cc(OCc3cncc(C#N)c3)c(CN[C@@H](CO)C(=O)O)cc2Br)cccc1-c1ccc2c(c1)OCCO2. The number of fused-ring (bicyclic) bond motifs is 1. The lowest BCUT2D eigenvalue weighted by molar-refractivity contribution is -0.140. The summed E-state index contributed by atoms with van der Waals surface area (Å²) in [4.78, 5) is 15.5. The molecule has 0 aliphatic carbocycles. The van der Waals surface area contributed by atoms with Crippen molar-refractivity contribution >= 4 is 21.9 Å². The highest BCUT2D eigenvalue weighted by Crippen LogP contribution is 2.37. The normalized spacial score (nSPS) is 12.3. The third-order valence-electron chi connectivity index (χ3n) is 7.14. The van der Waals surface area contributed by atoms with Gasteiger partial charge in [-0.1, -0.05) is 38.1 Å². The lowest BCUT2D eigenvalue weighted by Gasteiger charge is -2.20. The van der Waals surface area contributed by atoms with E-state index in [9.17, 15) is 20.3 Å². The number of pyridine rings is 1. The van der Waals surface area contributed by atoms with Crippen molar-refractivity contribution in [2.75, 3.05) is 19.8 Å². The summed E-state index contributed by atoms with van der Waals surface area (Å²) < 4.78 is 24.5. The van der Waals surface area contributed by atoms with Gasteiger partial charge in [0.25, 0.3) is 0 Å². The zero-order valence-electron chi connectivity index (χ0n) is 25.9. The van der Waals surface area contributed by atoms with Gasteiger partial charge in [-0.2, -0.15) is 5.26 Å². The number of carbonyl (C=O) groups is 1. The molecule has 3 N–H and O–H groups in total. The second kappa shape index (κ2) is 16.6. The number of aliphatic hydroxyl groups excluding tert-OH is 1. The van der Waals surface area contributed by atoms with Crippen molar-refractivity contribution in [3.8, 4) is 40.2 Å². The Kier molecular flexibility index (Phi) is 12.4. The molecule has 0 spiro atoms. The number of aromatic nitrogens is 1. The third-order valence-corrected chi connectivity index (χ3v) is 7.75. The summed E-state index contributed by atoms with van der Waals surface area (Å²) in [6.45, 7) is 7.05. The van der Waals surface area contributed by atoms with Gasteiger partial charge in [0.1, 0.15) is 50.0 Å². The molecule has 0 saturated carbocycles. The molecule has 4 aromatic rings. The van der Waals surface area contributed by atoms with Crippen LogP contribution in [0.4, 0.5) is 0 Å². The fourth-order valence-electron chi connectivity index (χ4n) is 4.73. The fraction of sp³-hybridized carbons (Fsp3) is 0.286. The standard InChI is InChI=1S/C33H30BrN3O7.C2H6/c1-20-24(3-2-4-26(20)23-5-6-29-32(11-23)42-8-7-41-29)19-44-31-12-30(43-18-22-9-21(13-35)14-36-15-22)25(10-27(31)34)16-37-28(17-38)33(39)40;1-2/h2-6,9-12,14-15,28,37-38H,7-8,16-19H2,1H3,(H,39,40);1-2H3/t28-;/m0./s1. The van der Waals surface area contributed by atoms with Gasteiger partial charge in [-0.15, -0.1) is 0 Å². The number of aliphatic hydroxyl groups is 1. The lowest BCUT2D eigenvalue weighted by Crippen LogP contribution is -2.39. The molecule has 5 rings (SSSR count). The molecule has 0 unspecified atom stereocenters. The molecule has 2 heterocycles. The zero-order valence-corrected chi connectivity index (χ0v) is 27.5. The fourth-order valence-corrected chi connectivity index (χ4v) is 5.24. The number of ether oxygens (including phenoxy) is 4. The third kappa shape index (κ3) is 8.54. The second-order valence-electron chi connectivity index (χ2n) is 10.1. The van der Waals surface area contributed by atoms with E-state index in [1.54, 1.807) is 24.4 Å². The van der Waals surface area contributed by atoms with E-state index in [-0.39, 0.29) is 19.8 Å². The van der Waals surface area contributed by atoms with Crippen LogP contribution in [0, 0.1) is 18.3 Å². The number of benzene rings is 3. The van der Waals surface area contributed by atoms with Gasteiger partial charge >= 0.3 is 5.97 Å². The van der Waals surface area contributed by atoms with E-state index in [1.165, 1.54) is 6.20 Å². The average molecular weight is 691 g/mol. The second-order valence-corrected chi connectivity index (χ2v) is 10.9. The number of hydrogen-bond donors (Lipinski definition) is 3. The maximum atomic E-state index is 11.4. The van der Waals surface area contributed by atoms with Gasteiger partial charge in [0.2, 0.25) is 0 Å². The Balaban J connectivity index is 0.00000235. The van der Waals surface area contributed by atoms with Crippen molar-refractivity contribution in [1.29, 1.82) is 5.26 Å². The predicted octanol–water partition coefficient (Wildman–Crippen LogP) is 6.18. The summed E-state index contributed by atoms with van der Waals surface area (Å²) in [6.07, 6.45) is 3.08. The van der Waals surface area contributed by atoms with E-state index in [1.807, 2.05) is 51.1 Å². The molecule has 0 radical (unpaired) electrons. The van der Waals surface area contributed by atoms with Crippen LogP contribution >= 0.6 is 15.9 Å². The molecule has 0 bridgehead atoms. The highest BCUT2D eigenvalue weighted by atomic mass is 79.9. The first-order valence-electron chi connectivity index (χ1n) is 14.8. The van der Waals surface area contributed by atoms with Gasteiger partial charge in [0.05, 0.1) is 16.6 Å². The molecule has 0 fully saturated rings. The quantitative estimate of drug-likeness (QED) is 0.158. The number of aliphatic carboxylic acids is 1. The van der Waals surface area contributed by atoms with Gasteiger partial charge in [0.15, 0.2) is 11.5 Å². The summed E-state index contributed by atoms with van der Waals surface area (Å²) in [5, 5.41) is 30.8. The molecule has 0 amide bonds. The topological polar surface area (TPSA) is 143 Å². The van der Waals surface area contributed by atoms with Crippen molar-refractivity contribution < 1.29 is 34.0 Å². The monoisotopic (exact) mass is 689 g/mol. The Morgan fingerprint density at radius 2 is 1.78 bits per heavy atom. The van der Waals surface area contributed by atoms with Gasteiger partial charge in [-0.25, -0.2) is 0 Å². The van der Waals surface area contributed by atoms with Crippen molar-refractivity contribution in [3.05, 3.63) is 99.3 Å². The summed E-state index contributed by atoms with van der Waals surface area (Å²) in [6, 6.07) is 18.1. The van der Waals surface area contributed by atoms with Crippen LogP contribution in [-0.4, -0.2) is 47.0 Å². The molecule has 1 atom stereocenters. The van der Waals surface area contributed by atoms with Gasteiger partial charge < -0.3 is 29.2 Å². The van der Waals surface area contributed by atoms with E-state index in [2.05, 4.69) is 38.4 Å². The van der Waals surface area contributed by atoms with E-state index in [0.29, 0.717) is 45.9 Å². The van der Waals surface area contributed by atoms with Crippen LogP contribution < -0.4 is 24.3 Å². The Hall–Kier alpha value is -4.63. The molecule has 1 aromatic heterocycles. The minimum atomic E-state index is -1.16. The first-order chi connectivity index (χ1) is 22.4. The maximum Gasteiger partial charge on any atom is 0.323 e. The van der Waals surface area contributed by atoms with Crippen LogP contribution in [0.2, 0.25) is 0 Å². The molecule has 240 valence electrons. The first kappa shape index (κ1) is 34.2. The van der Waals surface area contributed by atoms with Crippen LogP contribution in [0.5, 0.6) is 23.0 Å². The van der Waals surface area contributed by atoms with E-state index in [4.69, 9.17) is 18.9 Å². The number of hydrogen-bond acceptors (Lipinski definition) is 9. The van der Waals surface area contributed by atoms with Gasteiger partial charge in [-0.05, 0) is 69.4 Å². The Bertz CT molecular complexity index is 1710. The van der Waals surface area contributed by atoms with E-state index in [0.717, 1.165) is 33.8 Å². The van der Waals surface area contributed by atoms with Crippen molar-refractivity contribution in [2.24, 2.45) is 0 Å². The number of rotatable bonds is 12. The zero-order chi connectivity index (χ0) is 33.1. The number of nitriles is 1. The molecular formula is C35H36BrN3O7. The van der Waals surface area contributed by atoms with Crippen LogP contribution in [0.15, 0.2) is 71.5 Å². The van der Waals surface area contributed by atoms with Crippen LogP contribution in [0.3, 0.4) is 0 Å². The smallest absolute Gasteiger partial charge is 0.323 e. The molecule has 1 aliphatic heterocycles. The highest BCUT2D eigenvalue weighted by molar-refractivity contribution is 9.10. The average Bonchev–Trinajstić information content (AvgIpc) is 3.08.